The summed E-state index contributed by atoms with van der Waals surface area (Å²) in [4.78, 5) is 143. The molecule has 1 fully saturated rings. The van der Waals surface area contributed by atoms with Crippen LogP contribution in [0.5, 0.6) is 0 Å². The Balaban J connectivity index is 1.57. The maximum Gasteiger partial charge on any atom is 0.325 e. The van der Waals surface area contributed by atoms with Crippen molar-refractivity contribution in [3.8, 4) is 0 Å². The fourth-order valence-corrected chi connectivity index (χ4v) is 8.74. The predicted molar refractivity (Wildman–Crippen MR) is 303 cm³/mol. The van der Waals surface area contributed by atoms with Crippen molar-refractivity contribution in [2.24, 2.45) is 22.4 Å². The summed E-state index contributed by atoms with van der Waals surface area (Å²) < 4.78 is 0. The molecule has 1 aliphatic heterocycles. The molecule has 4 rings (SSSR count). The number of primary amides is 1. The molecule has 79 heavy (non-hydrogen) atoms. The molecule has 1 aliphatic rings. The van der Waals surface area contributed by atoms with Crippen LogP contribution in [0.25, 0.3) is 10.9 Å². The van der Waals surface area contributed by atoms with Crippen molar-refractivity contribution in [2.45, 2.75) is 115 Å². The Kier molecular flexibility index (Phi) is 25.9. The molecule has 0 spiro atoms. The molecule has 0 saturated carbocycles. The number of nitrogens with zero attached hydrogens (tertiary/aromatic N) is 2. The topological polar surface area (TPSA) is 398 Å². The van der Waals surface area contributed by atoms with Gasteiger partial charge in [-0.2, -0.15) is 25.3 Å². The molecule has 11 amide bonds. The van der Waals surface area contributed by atoms with Gasteiger partial charge in [0.1, 0.15) is 54.9 Å². The third-order valence-corrected chi connectivity index (χ3v) is 13.1. The molecule has 0 unspecified atom stereocenters. The van der Waals surface area contributed by atoms with Crippen molar-refractivity contribution in [3.63, 3.8) is 0 Å². The molecule has 0 radical (unpaired) electrons. The van der Waals surface area contributed by atoms with Crippen LogP contribution in [0, 0.1) is 11.3 Å². The number of hydrogen-bond acceptors (Lipinski definition) is 14. The number of carbonyl (C=O) groups excluding carboxylic acids is 10. The number of aliphatic imine (C=N–C) groups is 1. The van der Waals surface area contributed by atoms with E-state index in [4.69, 9.17) is 16.9 Å². The van der Waals surface area contributed by atoms with Gasteiger partial charge in [0.2, 0.25) is 47.3 Å². The van der Waals surface area contributed by atoms with E-state index in [1.165, 1.54) is 13.3 Å². The molecule has 28 heteroatoms. The van der Waals surface area contributed by atoms with Gasteiger partial charge in [0.05, 0.1) is 6.34 Å². The number of aromatic amines is 1. The fraction of sp³-hybridized carbons (Fsp3) is 0.490. The van der Waals surface area contributed by atoms with Crippen LogP contribution in [0.3, 0.4) is 0 Å². The van der Waals surface area contributed by atoms with Crippen molar-refractivity contribution in [3.05, 3.63) is 71.9 Å². The lowest BCUT2D eigenvalue weighted by Gasteiger charge is -2.27. The van der Waals surface area contributed by atoms with Crippen molar-refractivity contribution in [1.29, 1.82) is 5.41 Å². The largest absolute Gasteiger partial charge is 0.376 e. The maximum absolute atomic E-state index is 14.6. The summed E-state index contributed by atoms with van der Waals surface area (Å²) in [6.45, 7) is 6.90. The molecule has 2 heterocycles. The van der Waals surface area contributed by atoms with Crippen LogP contribution in [0.1, 0.15) is 64.5 Å². The summed E-state index contributed by atoms with van der Waals surface area (Å²) >= 11 is 8.34. The number of fused-ring (bicyclic) bond motifs is 1. The van der Waals surface area contributed by atoms with E-state index in [1.807, 2.05) is 39.0 Å². The molecule has 430 valence electrons. The van der Waals surface area contributed by atoms with Crippen molar-refractivity contribution in [1.82, 2.24) is 63.1 Å². The number of amides is 11. The van der Waals surface area contributed by atoms with Crippen LogP contribution in [-0.4, -0.2) is 167 Å². The molecule has 0 aliphatic carbocycles. The van der Waals surface area contributed by atoms with E-state index in [0.29, 0.717) is 24.1 Å². The Labute approximate surface area is 468 Å². The minimum absolute atomic E-state index is 0.0645. The highest BCUT2D eigenvalue weighted by molar-refractivity contribution is 7.80. The van der Waals surface area contributed by atoms with Gasteiger partial charge in [0.15, 0.2) is 5.96 Å². The number of carbonyl (C=O) groups is 10. The standard InChI is InChI=1S/C51H74N16O10S2/c1-5-55-27-56-19-17-35(61-43(70)29(4)59-48(75)40(26-79)60-41(68)24-67-49(76)38(20-28(2)3)66-51(67)77)45(72)63-36(21-30-12-7-6-8-13-30)46(73)62-34(16-11-18-57-50(53)54)44(71)64-37(47(74)65-39(25-78)42(52)69)22-31-23-58-33-15-10-9-14-32(31)33/h6-10,12-15,23,27-29,34-40,58,78-79H,5,11,16-22,24-26H2,1-4H3,(H2,52,69)(H,55,56)(H,59,75)(H,60,68)(H,61,70)(H,62,73)(H,63,72)(H,64,71)(H,65,74)(H,66,77)(H4,53,54,57)/t29-,34+,35+,36-,37+,38+,39+,40+/m1/s1. The molecule has 1 aromatic heterocycles. The molecule has 16 N–H and O–H groups in total. The van der Waals surface area contributed by atoms with Gasteiger partial charge in [-0.15, -0.1) is 0 Å². The lowest BCUT2D eigenvalue weighted by atomic mass is 10.0. The number of benzene rings is 2. The predicted octanol–water partition coefficient (Wildman–Crippen LogP) is -2.03. The molecule has 0 bridgehead atoms. The van der Waals surface area contributed by atoms with Crippen molar-refractivity contribution >= 4 is 108 Å². The van der Waals surface area contributed by atoms with Gasteiger partial charge in [0, 0.05) is 61.1 Å². The number of imide groups is 1. The first-order valence-electron chi connectivity index (χ1n) is 25.8. The Morgan fingerprint density at radius 2 is 1.28 bits per heavy atom. The van der Waals surface area contributed by atoms with Crippen LogP contribution >= 0.6 is 25.3 Å². The number of nitrogens with one attached hydrogen (secondary N) is 12. The summed E-state index contributed by atoms with van der Waals surface area (Å²) in [7, 11) is 0. The second-order valence-corrected chi connectivity index (χ2v) is 19.8. The zero-order valence-electron chi connectivity index (χ0n) is 44.6. The minimum Gasteiger partial charge on any atom is -0.376 e. The Morgan fingerprint density at radius 1 is 0.709 bits per heavy atom. The number of H-pyrrole nitrogens is 1. The molecule has 2 aromatic carbocycles. The summed E-state index contributed by atoms with van der Waals surface area (Å²) in [6, 6.07) is 5.11. The fourth-order valence-electron chi connectivity index (χ4n) is 8.21. The third kappa shape index (κ3) is 20.5. The minimum atomic E-state index is -1.40. The van der Waals surface area contributed by atoms with E-state index in [-0.39, 0.29) is 68.6 Å². The number of rotatable bonds is 33. The van der Waals surface area contributed by atoms with Gasteiger partial charge in [-0.1, -0.05) is 62.4 Å². The lowest BCUT2D eigenvalue weighted by Crippen LogP contribution is -2.60. The highest BCUT2D eigenvalue weighted by Gasteiger charge is 2.40. The summed E-state index contributed by atoms with van der Waals surface area (Å²) in [5.74, 6) is -7.82. The summed E-state index contributed by atoms with van der Waals surface area (Å²) in [5, 5.41) is 34.8. The van der Waals surface area contributed by atoms with Gasteiger partial charge in [0.25, 0.3) is 5.91 Å². The number of thiol groups is 2. The summed E-state index contributed by atoms with van der Waals surface area (Å²) in [5.41, 5.74) is 13.0. The number of para-hydroxylation sites is 1. The SMILES string of the molecule is CC/N=C\NCC[C@H](NC(=O)[C@@H](C)NC(=O)[C@H](CS)NC(=O)CN1C(=O)N[C@@H](CC(C)C)C1=O)C(=O)N[C@H](Cc1ccccc1)C(=O)N[C@@H](CCCNC(=N)N)C(=O)N[C@@H](Cc1c[nH]c2ccccc12)C(=O)N[C@@H](CS)C(N)=O. The highest BCUT2D eigenvalue weighted by Crippen LogP contribution is 2.20. The van der Waals surface area contributed by atoms with E-state index in [1.54, 1.807) is 42.6 Å². The van der Waals surface area contributed by atoms with Gasteiger partial charge < -0.3 is 69.6 Å². The average Bonchev–Trinajstić information content (AvgIpc) is 3.96. The second-order valence-electron chi connectivity index (χ2n) is 19.1. The number of guanidine groups is 1. The third-order valence-electron chi connectivity index (χ3n) is 12.4. The second kappa shape index (κ2) is 32.1. The molecule has 26 nitrogen and oxygen atoms in total. The maximum atomic E-state index is 14.6. The van der Waals surface area contributed by atoms with Gasteiger partial charge >= 0.3 is 6.03 Å². The van der Waals surface area contributed by atoms with Crippen LogP contribution in [0.15, 0.2) is 65.8 Å². The number of urea groups is 1. The quantitative estimate of drug-likeness (QED) is 0.0103. The van der Waals surface area contributed by atoms with E-state index >= 15 is 0 Å². The zero-order chi connectivity index (χ0) is 58.2. The van der Waals surface area contributed by atoms with E-state index in [9.17, 15) is 47.9 Å². The van der Waals surface area contributed by atoms with Crippen molar-refractivity contribution < 1.29 is 47.9 Å². The average molecular weight is 1140 g/mol. The van der Waals surface area contributed by atoms with Gasteiger partial charge in [-0.05, 0) is 62.6 Å². The molecule has 1 saturated heterocycles. The van der Waals surface area contributed by atoms with Crippen molar-refractivity contribution in [2.75, 3.05) is 37.7 Å². The number of aromatic nitrogens is 1. The monoisotopic (exact) mass is 1130 g/mol. The normalized spacial score (nSPS) is 15.8. The van der Waals surface area contributed by atoms with E-state index < -0.39 is 114 Å². The Hall–Kier alpha value is -7.88. The van der Waals surface area contributed by atoms with Crippen LogP contribution in [-0.2, 0) is 56.0 Å². The lowest BCUT2D eigenvalue weighted by molar-refractivity contribution is -0.135. The molecular formula is C51H74N16O10S2. The smallest absolute Gasteiger partial charge is 0.325 e. The van der Waals surface area contributed by atoms with E-state index in [0.717, 1.165) is 15.8 Å². The van der Waals surface area contributed by atoms with Gasteiger partial charge in [-0.3, -0.25) is 58.5 Å². The van der Waals surface area contributed by atoms with Crippen LogP contribution < -0.4 is 64.6 Å². The Morgan fingerprint density at radius 3 is 1.90 bits per heavy atom. The molecule has 3 aromatic rings. The van der Waals surface area contributed by atoms with E-state index in [2.05, 4.69) is 88.4 Å². The first-order chi connectivity index (χ1) is 37.6. The Bertz CT molecular complexity index is 2660. The first kappa shape index (κ1) is 63.7. The number of hydrogen-bond donors (Lipinski definition) is 16. The molecule has 8 atom stereocenters. The summed E-state index contributed by atoms with van der Waals surface area (Å²) in [6.07, 6.45) is 3.34. The number of nitrogens with two attached hydrogens (primary N) is 2. The highest BCUT2D eigenvalue weighted by atomic mass is 32.1. The zero-order valence-corrected chi connectivity index (χ0v) is 46.3. The van der Waals surface area contributed by atoms with Crippen LogP contribution in [0.4, 0.5) is 4.79 Å². The first-order valence-corrected chi connectivity index (χ1v) is 27.0. The molecular weight excluding hydrogens is 1060 g/mol. The van der Waals surface area contributed by atoms with Crippen LogP contribution in [0.2, 0.25) is 0 Å². The van der Waals surface area contributed by atoms with Gasteiger partial charge in [-0.25, -0.2) is 4.79 Å².